The molecule has 3 aromatic rings. The summed E-state index contributed by atoms with van der Waals surface area (Å²) < 4.78 is 3.87. The Balaban J connectivity index is 2.24. The Kier molecular flexibility index (Phi) is 3.21. The highest BCUT2D eigenvalue weighted by Gasteiger charge is 2.17. The molecule has 1 aromatic carbocycles. The third-order valence-electron chi connectivity index (χ3n) is 3.61. The molecular formula is C15H16N4O2. The maximum atomic E-state index is 11.5. The van der Waals surface area contributed by atoms with Crippen LogP contribution in [0.5, 0.6) is 0 Å². The first-order valence-electron chi connectivity index (χ1n) is 6.79. The van der Waals surface area contributed by atoms with Gasteiger partial charge in [-0.15, -0.1) is 0 Å². The SMILES string of the molecule is CCc1nc2cccc(C(=O)O)c2n1Cc1nccn1C. The molecule has 0 aliphatic rings. The van der Waals surface area contributed by atoms with E-state index in [1.165, 1.54) is 0 Å². The molecule has 0 saturated carbocycles. The van der Waals surface area contributed by atoms with Crippen molar-refractivity contribution in [2.45, 2.75) is 19.9 Å². The summed E-state index contributed by atoms with van der Waals surface area (Å²) in [5.41, 5.74) is 1.64. The number of aryl methyl sites for hydroxylation is 2. The smallest absolute Gasteiger partial charge is 0.337 e. The second-order valence-corrected chi connectivity index (χ2v) is 4.90. The first-order chi connectivity index (χ1) is 10.1. The minimum absolute atomic E-state index is 0.272. The number of carboxylic acid groups (broad SMARTS) is 1. The van der Waals surface area contributed by atoms with Crippen molar-refractivity contribution in [3.05, 3.63) is 47.8 Å². The van der Waals surface area contributed by atoms with E-state index in [9.17, 15) is 9.90 Å². The predicted octanol–water partition coefficient (Wildman–Crippen LogP) is 2.08. The molecule has 1 N–H and O–H groups in total. The molecule has 2 aromatic heterocycles. The van der Waals surface area contributed by atoms with Gasteiger partial charge in [0.25, 0.3) is 0 Å². The number of imidazole rings is 2. The fraction of sp³-hybridized carbons (Fsp3) is 0.267. The molecule has 0 aliphatic carbocycles. The zero-order valence-electron chi connectivity index (χ0n) is 11.9. The molecule has 0 amide bonds. The van der Waals surface area contributed by atoms with Crippen LogP contribution in [0.4, 0.5) is 0 Å². The lowest BCUT2D eigenvalue weighted by Crippen LogP contribution is -2.11. The first kappa shape index (κ1) is 13.4. The molecule has 0 saturated heterocycles. The summed E-state index contributed by atoms with van der Waals surface area (Å²) in [6.07, 6.45) is 4.34. The van der Waals surface area contributed by atoms with Gasteiger partial charge in [0.05, 0.1) is 23.1 Å². The van der Waals surface area contributed by atoms with Gasteiger partial charge >= 0.3 is 5.97 Å². The lowest BCUT2D eigenvalue weighted by atomic mass is 10.2. The minimum atomic E-state index is -0.941. The lowest BCUT2D eigenvalue weighted by molar-refractivity contribution is 0.0698. The second kappa shape index (κ2) is 5.05. The molecule has 6 nitrogen and oxygen atoms in total. The number of nitrogens with zero attached hydrogens (tertiary/aromatic N) is 4. The van der Waals surface area contributed by atoms with E-state index >= 15 is 0 Å². The molecule has 0 radical (unpaired) electrons. The number of carboxylic acids is 1. The van der Waals surface area contributed by atoms with E-state index in [0.29, 0.717) is 17.6 Å². The fourth-order valence-electron chi connectivity index (χ4n) is 2.54. The van der Waals surface area contributed by atoms with Crippen LogP contribution in [0.3, 0.4) is 0 Å². The second-order valence-electron chi connectivity index (χ2n) is 4.90. The van der Waals surface area contributed by atoms with Crippen molar-refractivity contribution in [3.63, 3.8) is 0 Å². The molecule has 21 heavy (non-hydrogen) atoms. The first-order valence-corrected chi connectivity index (χ1v) is 6.79. The van der Waals surface area contributed by atoms with Crippen LogP contribution in [0.25, 0.3) is 11.0 Å². The number of para-hydroxylation sites is 1. The largest absolute Gasteiger partial charge is 0.478 e. The van der Waals surface area contributed by atoms with Crippen molar-refractivity contribution in [2.24, 2.45) is 7.05 Å². The number of fused-ring (bicyclic) bond motifs is 1. The maximum absolute atomic E-state index is 11.5. The third-order valence-corrected chi connectivity index (χ3v) is 3.61. The van der Waals surface area contributed by atoms with E-state index in [1.807, 2.05) is 35.4 Å². The predicted molar refractivity (Wildman–Crippen MR) is 78.4 cm³/mol. The van der Waals surface area contributed by atoms with Gasteiger partial charge in [0.1, 0.15) is 11.6 Å². The molecule has 0 unspecified atom stereocenters. The molecule has 108 valence electrons. The third kappa shape index (κ3) is 2.18. The summed E-state index contributed by atoms with van der Waals surface area (Å²) in [6.45, 7) is 2.52. The number of benzene rings is 1. The highest BCUT2D eigenvalue weighted by Crippen LogP contribution is 2.22. The van der Waals surface area contributed by atoms with Crippen LogP contribution < -0.4 is 0 Å². The molecular weight excluding hydrogens is 268 g/mol. The Labute approximate surface area is 121 Å². The number of hydrogen-bond acceptors (Lipinski definition) is 3. The van der Waals surface area contributed by atoms with Crippen LogP contribution in [-0.4, -0.2) is 30.2 Å². The summed E-state index contributed by atoms with van der Waals surface area (Å²) in [4.78, 5) is 20.3. The lowest BCUT2D eigenvalue weighted by Gasteiger charge is -2.09. The molecule has 0 atom stereocenters. The van der Waals surface area contributed by atoms with Crippen LogP contribution in [0.1, 0.15) is 28.9 Å². The number of rotatable bonds is 4. The van der Waals surface area contributed by atoms with E-state index in [4.69, 9.17) is 0 Å². The molecule has 2 heterocycles. The molecule has 6 heteroatoms. The highest BCUT2D eigenvalue weighted by atomic mass is 16.4. The van der Waals surface area contributed by atoms with Crippen molar-refractivity contribution in [1.82, 2.24) is 19.1 Å². The van der Waals surface area contributed by atoms with Gasteiger partial charge in [-0.1, -0.05) is 13.0 Å². The van der Waals surface area contributed by atoms with Gasteiger partial charge in [0, 0.05) is 25.9 Å². The summed E-state index contributed by atoms with van der Waals surface area (Å²) in [7, 11) is 1.92. The Morgan fingerprint density at radius 2 is 2.14 bits per heavy atom. The zero-order valence-corrected chi connectivity index (χ0v) is 11.9. The Bertz CT molecular complexity index is 816. The summed E-state index contributed by atoms with van der Waals surface area (Å²) >= 11 is 0. The van der Waals surface area contributed by atoms with Crippen LogP contribution in [-0.2, 0) is 20.0 Å². The monoisotopic (exact) mass is 284 g/mol. The van der Waals surface area contributed by atoms with Crippen LogP contribution in [0, 0.1) is 0 Å². The van der Waals surface area contributed by atoms with Crippen LogP contribution in [0.2, 0.25) is 0 Å². The van der Waals surface area contributed by atoms with E-state index in [1.54, 1.807) is 18.3 Å². The van der Waals surface area contributed by atoms with Gasteiger partial charge in [0.15, 0.2) is 0 Å². The van der Waals surface area contributed by atoms with E-state index in [2.05, 4.69) is 9.97 Å². The standard InChI is InChI=1S/C15H16N4O2/c1-3-12-17-11-6-4-5-10(15(20)21)14(11)19(12)9-13-16-7-8-18(13)2/h4-8H,3,9H2,1-2H3,(H,20,21). The van der Waals surface area contributed by atoms with Crippen molar-refractivity contribution in [1.29, 1.82) is 0 Å². The van der Waals surface area contributed by atoms with Crippen LogP contribution >= 0.6 is 0 Å². The van der Waals surface area contributed by atoms with Crippen molar-refractivity contribution >= 4 is 17.0 Å². The van der Waals surface area contributed by atoms with Gasteiger partial charge in [-0.2, -0.15) is 0 Å². The van der Waals surface area contributed by atoms with Gasteiger partial charge in [-0.25, -0.2) is 14.8 Å². The number of aromatic nitrogens is 4. The number of carbonyl (C=O) groups is 1. The molecule has 0 fully saturated rings. The van der Waals surface area contributed by atoms with Gasteiger partial charge < -0.3 is 14.2 Å². The summed E-state index contributed by atoms with van der Waals surface area (Å²) in [6, 6.07) is 5.18. The van der Waals surface area contributed by atoms with Crippen molar-refractivity contribution in [2.75, 3.05) is 0 Å². The Hall–Kier alpha value is -2.63. The molecule has 0 bridgehead atoms. The van der Waals surface area contributed by atoms with Crippen molar-refractivity contribution < 1.29 is 9.90 Å². The van der Waals surface area contributed by atoms with E-state index in [-0.39, 0.29) is 5.56 Å². The quantitative estimate of drug-likeness (QED) is 0.796. The Morgan fingerprint density at radius 1 is 1.33 bits per heavy atom. The average molecular weight is 284 g/mol. The maximum Gasteiger partial charge on any atom is 0.337 e. The average Bonchev–Trinajstić information content (AvgIpc) is 3.03. The minimum Gasteiger partial charge on any atom is -0.478 e. The zero-order chi connectivity index (χ0) is 15.0. The highest BCUT2D eigenvalue weighted by molar-refractivity contribution is 6.01. The summed E-state index contributed by atoms with van der Waals surface area (Å²) in [5, 5.41) is 9.41. The molecule has 0 aliphatic heterocycles. The van der Waals surface area contributed by atoms with Gasteiger partial charge in [-0.05, 0) is 12.1 Å². The van der Waals surface area contributed by atoms with Crippen LogP contribution in [0.15, 0.2) is 30.6 Å². The number of hydrogen-bond donors (Lipinski definition) is 1. The van der Waals surface area contributed by atoms with Gasteiger partial charge in [0.2, 0.25) is 0 Å². The topological polar surface area (TPSA) is 72.9 Å². The fourth-order valence-corrected chi connectivity index (χ4v) is 2.54. The van der Waals surface area contributed by atoms with Gasteiger partial charge in [-0.3, -0.25) is 0 Å². The normalized spacial score (nSPS) is 11.1. The Morgan fingerprint density at radius 3 is 2.76 bits per heavy atom. The molecule has 3 rings (SSSR count). The van der Waals surface area contributed by atoms with Crippen molar-refractivity contribution in [3.8, 4) is 0 Å². The molecule has 0 spiro atoms. The summed E-state index contributed by atoms with van der Waals surface area (Å²) in [5.74, 6) is 0.787. The van der Waals surface area contributed by atoms with E-state index < -0.39 is 5.97 Å². The number of aromatic carboxylic acids is 1. The van der Waals surface area contributed by atoms with E-state index in [0.717, 1.165) is 18.1 Å².